The Kier molecular flexibility index (Phi) is 4.55. The van der Waals surface area contributed by atoms with E-state index in [0.717, 1.165) is 0 Å². The molecule has 2 aliphatic rings. The number of amides is 2. The first-order chi connectivity index (χ1) is 10.7. The Morgan fingerprint density at radius 2 is 1.91 bits per heavy atom. The number of ether oxygens (including phenoxy) is 2. The Morgan fingerprint density at radius 1 is 1.30 bits per heavy atom. The van der Waals surface area contributed by atoms with Gasteiger partial charge in [-0.05, 0) is 20.8 Å². The summed E-state index contributed by atoms with van der Waals surface area (Å²) in [5.74, 6) is -0.308. The highest BCUT2D eigenvalue weighted by Gasteiger charge is 2.57. The average Bonchev–Trinajstić information content (AvgIpc) is 2.80. The molecule has 7 nitrogen and oxygen atoms in total. The summed E-state index contributed by atoms with van der Waals surface area (Å²) in [7, 11) is 0. The lowest BCUT2D eigenvalue weighted by molar-refractivity contribution is -0.0382. The van der Waals surface area contributed by atoms with E-state index in [0.29, 0.717) is 26.2 Å². The third-order valence-electron chi connectivity index (χ3n) is 4.05. The molecular weight excluding hydrogens is 298 g/mol. The van der Waals surface area contributed by atoms with Gasteiger partial charge in [0.1, 0.15) is 12.2 Å². The van der Waals surface area contributed by atoms with Crippen LogP contribution in [0.3, 0.4) is 0 Å². The highest BCUT2D eigenvalue weighted by Crippen LogP contribution is 2.44. The lowest BCUT2D eigenvalue weighted by Crippen LogP contribution is -2.62. The molecule has 2 heterocycles. The van der Waals surface area contributed by atoms with Crippen LogP contribution in [0.25, 0.3) is 0 Å². The van der Waals surface area contributed by atoms with Crippen LogP contribution in [0.5, 0.6) is 0 Å². The first kappa shape index (κ1) is 17.1. The van der Waals surface area contributed by atoms with E-state index in [-0.39, 0.29) is 24.0 Å². The fourth-order valence-corrected chi connectivity index (χ4v) is 3.00. The Labute approximate surface area is 136 Å². The van der Waals surface area contributed by atoms with E-state index in [9.17, 15) is 14.9 Å². The van der Waals surface area contributed by atoms with Crippen molar-refractivity contribution in [2.45, 2.75) is 26.4 Å². The van der Waals surface area contributed by atoms with E-state index in [1.807, 2.05) is 20.8 Å². The molecule has 2 amide bonds. The minimum atomic E-state index is -0.551. The molecule has 0 N–H and O–H groups in total. The van der Waals surface area contributed by atoms with Crippen molar-refractivity contribution in [3.05, 3.63) is 12.7 Å². The Bertz CT molecular complexity index is 541. The highest BCUT2D eigenvalue weighted by molar-refractivity contribution is 5.71. The summed E-state index contributed by atoms with van der Waals surface area (Å²) in [6.07, 6.45) is 0.671. The van der Waals surface area contributed by atoms with Crippen LogP contribution in [0.15, 0.2) is 12.7 Å². The van der Waals surface area contributed by atoms with Crippen LogP contribution in [0.2, 0.25) is 0 Å². The van der Waals surface area contributed by atoms with Gasteiger partial charge in [0.15, 0.2) is 0 Å². The van der Waals surface area contributed by atoms with Crippen LogP contribution in [0.1, 0.15) is 20.8 Å². The lowest BCUT2D eigenvalue weighted by Gasteiger charge is -2.48. The van der Waals surface area contributed by atoms with Crippen LogP contribution in [0, 0.1) is 22.7 Å². The van der Waals surface area contributed by atoms with Gasteiger partial charge in [0.05, 0.1) is 12.0 Å². The van der Waals surface area contributed by atoms with Gasteiger partial charge >= 0.3 is 12.2 Å². The summed E-state index contributed by atoms with van der Waals surface area (Å²) >= 11 is 0. The molecule has 1 atom stereocenters. The number of nitrogens with zero attached hydrogens (tertiary/aromatic N) is 3. The van der Waals surface area contributed by atoms with Crippen molar-refractivity contribution in [1.82, 2.24) is 9.80 Å². The molecule has 0 aromatic rings. The fourth-order valence-electron chi connectivity index (χ4n) is 3.00. The summed E-state index contributed by atoms with van der Waals surface area (Å²) in [5.41, 5.74) is -0.927. The van der Waals surface area contributed by atoms with Crippen molar-refractivity contribution in [3.8, 4) is 6.07 Å². The monoisotopic (exact) mass is 321 g/mol. The second-order valence-electron chi connectivity index (χ2n) is 7.13. The third kappa shape index (κ3) is 3.58. The van der Waals surface area contributed by atoms with Crippen molar-refractivity contribution in [1.29, 1.82) is 5.26 Å². The maximum absolute atomic E-state index is 12.0. The second-order valence-corrected chi connectivity index (χ2v) is 7.13. The minimum absolute atomic E-state index is 0.142. The number of nitriles is 1. The van der Waals surface area contributed by atoms with Gasteiger partial charge in [-0.15, -0.1) is 0 Å². The average molecular weight is 321 g/mol. The Morgan fingerprint density at radius 3 is 2.43 bits per heavy atom. The van der Waals surface area contributed by atoms with Gasteiger partial charge < -0.3 is 19.3 Å². The van der Waals surface area contributed by atoms with E-state index >= 15 is 0 Å². The molecule has 126 valence electrons. The number of carbonyl (C=O) groups excluding carboxylic acids is 2. The molecule has 2 fully saturated rings. The smallest absolute Gasteiger partial charge is 0.410 e. The zero-order valence-electron chi connectivity index (χ0n) is 13.9. The van der Waals surface area contributed by atoms with Gasteiger partial charge in [0.25, 0.3) is 0 Å². The molecule has 2 rings (SSSR count). The van der Waals surface area contributed by atoms with Crippen LogP contribution in [-0.2, 0) is 9.47 Å². The second kappa shape index (κ2) is 6.11. The summed E-state index contributed by atoms with van der Waals surface area (Å²) in [5, 5.41) is 9.37. The van der Waals surface area contributed by atoms with Crippen molar-refractivity contribution < 1.29 is 19.1 Å². The number of hydrogen-bond donors (Lipinski definition) is 0. The first-order valence-corrected chi connectivity index (χ1v) is 7.61. The molecule has 7 heteroatoms. The standard InChI is InChI=1S/C16H23N3O4/c1-5-6-22-13(20)18-8-12(7-17)16(9-18)10-19(11-16)14(21)23-15(2,3)4/h5,12H,1,6,8-11H2,2-4H3. The molecule has 0 aliphatic carbocycles. The van der Waals surface area contributed by atoms with Crippen LogP contribution in [-0.4, -0.2) is 60.4 Å². The van der Waals surface area contributed by atoms with Crippen LogP contribution < -0.4 is 0 Å². The topological polar surface area (TPSA) is 82.9 Å². The molecule has 0 aromatic heterocycles. The van der Waals surface area contributed by atoms with E-state index in [2.05, 4.69) is 12.6 Å². The summed E-state index contributed by atoms with van der Waals surface area (Å²) in [6.45, 7) is 10.7. The fraction of sp³-hybridized carbons (Fsp3) is 0.688. The summed E-state index contributed by atoms with van der Waals surface area (Å²) < 4.78 is 10.4. The van der Waals surface area contributed by atoms with Crippen molar-refractivity contribution in [2.75, 3.05) is 32.8 Å². The summed E-state index contributed by atoms with van der Waals surface area (Å²) in [4.78, 5) is 27.1. The van der Waals surface area contributed by atoms with Gasteiger partial charge in [0.2, 0.25) is 0 Å². The van der Waals surface area contributed by atoms with Gasteiger partial charge in [-0.2, -0.15) is 5.26 Å². The molecule has 2 saturated heterocycles. The quantitative estimate of drug-likeness (QED) is 0.726. The van der Waals surface area contributed by atoms with E-state index < -0.39 is 11.7 Å². The van der Waals surface area contributed by atoms with E-state index in [1.54, 1.807) is 4.90 Å². The molecule has 1 unspecified atom stereocenters. The molecule has 0 aromatic carbocycles. The molecule has 1 spiro atoms. The first-order valence-electron chi connectivity index (χ1n) is 7.61. The van der Waals surface area contributed by atoms with Gasteiger partial charge in [-0.25, -0.2) is 9.59 Å². The lowest BCUT2D eigenvalue weighted by atomic mass is 9.72. The predicted molar refractivity (Wildman–Crippen MR) is 82.5 cm³/mol. The number of carbonyl (C=O) groups is 2. The molecule has 2 aliphatic heterocycles. The SMILES string of the molecule is C=CCOC(=O)N1CC(C#N)C2(C1)CN(C(=O)OC(C)(C)C)C2. The van der Waals surface area contributed by atoms with Crippen molar-refractivity contribution >= 4 is 12.2 Å². The number of rotatable bonds is 2. The Balaban J connectivity index is 1.96. The van der Waals surface area contributed by atoms with E-state index in [4.69, 9.17) is 9.47 Å². The molecule has 0 saturated carbocycles. The van der Waals surface area contributed by atoms with Crippen molar-refractivity contribution in [2.24, 2.45) is 11.3 Å². The molecular formula is C16H23N3O4. The van der Waals surface area contributed by atoms with Gasteiger partial charge in [-0.3, -0.25) is 0 Å². The van der Waals surface area contributed by atoms with Crippen LogP contribution in [0.4, 0.5) is 9.59 Å². The zero-order valence-corrected chi connectivity index (χ0v) is 13.9. The van der Waals surface area contributed by atoms with Gasteiger partial charge in [-0.1, -0.05) is 12.7 Å². The normalized spacial score (nSPS) is 22.3. The minimum Gasteiger partial charge on any atom is -0.445 e. The number of hydrogen-bond acceptors (Lipinski definition) is 5. The molecule has 0 radical (unpaired) electrons. The highest BCUT2D eigenvalue weighted by atomic mass is 16.6. The Hall–Kier alpha value is -2.23. The maximum atomic E-state index is 12.0. The third-order valence-corrected chi connectivity index (χ3v) is 4.05. The van der Waals surface area contributed by atoms with Crippen molar-refractivity contribution in [3.63, 3.8) is 0 Å². The summed E-state index contributed by atoms with van der Waals surface area (Å²) in [6, 6.07) is 2.26. The predicted octanol–water partition coefficient (Wildman–Crippen LogP) is 2.00. The largest absolute Gasteiger partial charge is 0.445 e. The molecule has 0 bridgehead atoms. The zero-order chi connectivity index (χ0) is 17.3. The van der Waals surface area contributed by atoms with E-state index in [1.165, 1.54) is 11.0 Å². The van der Waals surface area contributed by atoms with Gasteiger partial charge in [0, 0.05) is 31.6 Å². The van der Waals surface area contributed by atoms with Crippen LogP contribution >= 0.6 is 0 Å². The maximum Gasteiger partial charge on any atom is 0.410 e. The number of likely N-dealkylation sites (tertiary alicyclic amines) is 2. The molecule has 23 heavy (non-hydrogen) atoms.